The predicted molar refractivity (Wildman–Crippen MR) is 31.3 cm³/mol. The van der Waals surface area contributed by atoms with Gasteiger partial charge >= 0.3 is 0 Å². The number of rotatable bonds is 2. The molecule has 5 N–H and O–H groups in total. The largest absolute Gasteiger partial charge is 0.403 e. The van der Waals surface area contributed by atoms with E-state index >= 15 is 0 Å². The predicted octanol–water partition coefficient (Wildman–Crippen LogP) is -1.42. The zero-order valence-electron chi connectivity index (χ0n) is 4.83. The van der Waals surface area contributed by atoms with Gasteiger partial charge in [-0.25, -0.2) is 5.84 Å². The summed E-state index contributed by atoms with van der Waals surface area (Å²) >= 11 is 0. The van der Waals surface area contributed by atoms with Crippen LogP contribution in [-0.4, -0.2) is 23.8 Å². The van der Waals surface area contributed by atoms with Gasteiger partial charge in [-0.3, -0.25) is 0 Å². The normalized spacial score (nSPS) is 11.6. The lowest BCUT2D eigenvalue weighted by Gasteiger charge is -2.12. The number of aliphatic hydroxyl groups excluding tert-OH is 1. The molecule has 0 rings (SSSR count). The van der Waals surface area contributed by atoms with Crippen LogP contribution in [0.4, 0.5) is 0 Å². The summed E-state index contributed by atoms with van der Waals surface area (Å²) in [7, 11) is 1.61. The molecule has 0 aromatic carbocycles. The molecule has 0 heterocycles. The van der Waals surface area contributed by atoms with Gasteiger partial charge in [0, 0.05) is 13.2 Å². The van der Waals surface area contributed by atoms with E-state index in [0.717, 1.165) is 0 Å². The van der Waals surface area contributed by atoms with Crippen molar-refractivity contribution in [3.05, 3.63) is 11.9 Å². The van der Waals surface area contributed by atoms with E-state index < -0.39 is 0 Å². The van der Waals surface area contributed by atoms with Crippen molar-refractivity contribution in [1.29, 1.82) is 0 Å². The number of likely N-dealkylation sites (N-methyl/N-ethyl adjacent to an activating group) is 1. The van der Waals surface area contributed by atoms with Crippen LogP contribution in [0.25, 0.3) is 0 Å². The molecular formula is C4H11N3O. The molecule has 0 bridgehead atoms. The lowest BCUT2D eigenvalue weighted by Crippen LogP contribution is -2.27. The van der Waals surface area contributed by atoms with Crippen molar-refractivity contribution in [3.8, 4) is 0 Å². The van der Waals surface area contributed by atoms with Crippen molar-refractivity contribution < 1.29 is 5.11 Å². The minimum atomic E-state index is -0.122. The first-order valence-electron chi connectivity index (χ1n) is 2.22. The molecule has 4 nitrogen and oxygen atoms in total. The Hall–Kier alpha value is -0.740. The zero-order chi connectivity index (χ0) is 6.57. The molecule has 0 unspecified atom stereocenters. The molecule has 0 spiro atoms. The van der Waals surface area contributed by atoms with Gasteiger partial charge < -0.3 is 15.8 Å². The average Bonchev–Trinajstić information content (AvgIpc) is 1.69. The number of aliphatic hydroxyl groups is 1. The maximum Gasteiger partial charge on any atom is 0.0858 e. The molecule has 0 aromatic rings. The van der Waals surface area contributed by atoms with Crippen molar-refractivity contribution in [2.24, 2.45) is 11.6 Å². The van der Waals surface area contributed by atoms with E-state index in [1.807, 2.05) is 0 Å². The molecule has 0 aliphatic rings. The van der Waals surface area contributed by atoms with E-state index in [4.69, 9.17) is 16.7 Å². The summed E-state index contributed by atoms with van der Waals surface area (Å²) in [6.45, 7) is -0.122. The summed E-state index contributed by atoms with van der Waals surface area (Å²) in [5.41, 5.74) is 5.55. The maximum atomic E-state index is 8.43. The summed E-state index contributed by atoms with van der Waals surface area (Å²) in [5, 5.41) is 9.69. The zero-order valence-corrected chi connectivity index (χ0v) is 4.83. The SMILES string of the molecule is CN(N)/C(=C\N)CO. The Balaban J connectivity index is 3.72. The van der Waals surface area contributed by atoms with Crippen molar-refractivity contribution >= 4 is 0 Å². The topological polar surface area (TPSA) is 75.5 Å². The molecule has 8 heavy (non-hydrogen) atoms. The van der Waals surface area contributed by atoms with Gasteiger partial charge in [-0.05, 0) is 0 Å². The van der Waals surface area contributed by atoms with Crippen LogP contribution in [0.3, 0.4) is 0 Å². The summed E-state index contributed by atoms with van der Waals surface area (Å²) < 4.78 is 0. The molecule has 0 amide bonds. The fourth-order valence-electron chi connectivity index (χ4n) is 0.282. The summed E-state index contributed by atoms with van der Waals surface area (Å²) in [5.74, 6) is 5.18. The molecular weight excluding hydrogens is 106 g/mol. The highest BCUT2D eigenvalue weighted by Crippen LogP contribution is 1.88. The van der Waals surface area contributed by atoms with Crippen LogP contribution >= 0.6 is 0 Å². The van der Waals surface area contributed by atoms with Gasteiger partial charge in [0.25, 0.3) is 0 Å². The van der Waals surface area contributed by atoms with Crippen LogP contribution in [0.15, 0.2) is 11.9 Å². The smallest absolute Gasteiger partial charge is 0.0858 e. The van der Waals surface area contributed by atoms with E-state index in [2.05, 4.69) is 0 Å². The minimum Gasteiger partial charge on any atom is -0.403 e. The van der Waals surface area contributed by atoms with Crippen molar-refractivity contribution in [1.82, 2.24) is 5.01 Å². The third kappa shape index (κ3) is 1.81. The third-order valence-corrected chi connectivity index (χ3v) is 0.807. The maximum absolute atomic E-state index is 8.43. The van der Waals surface area contributed by atoms with Crippen LogP contribution in [0.1, 0.15) is 0 Å². The lowest BCUT2D eigenvalue weighted by molar-refractivity contribution is 0.276. The fourth-order valence-corrected chi connectivity index (χ4v) is 0.282. The minimum absolute atomic E-state index is 0.122. The molecule has 0 aromatic heterocycles. The molecule has 0 saturated carbocycles. The second-order valence-electron chi connectivity index (χ2n) is 1.43. The van der Waals surface area contributed by atoms with Gasteiger partial charge in [-0.15, -0.1) is 0 Å². The molecule has 4 heteroatoms. The molecule has 0 aliphatic heterocycles. The van der Waals surface area contributed by atoms with Crippen LogP contribution in [0.2, 0.25) is 0 Å². The first kappa shape index (κ1) is 7.26. The Morgan fingerprint density at radius 3 is 2.38 bits per heavy atom. The highest BCUT2D eigenvalue weighted by atomic mass is 16.3. The van der Waals surface area contributed by atoms with Crippen LogP contribution in [0.5, 0.6) is 0 Å². The summed E-state index contributed by atoms with van der Waals surface area (Å²) in [6, 6.07) is 0. The molecule has 0 radical (unpaired) electrons. The first-order valence-corrected chi connectivity index (χ1v) is 2.22. The lowest BCUT2D eigenvalue weighted by atomic mass is 10.5. The molecule has 48 valence electrons. The number of hydrogen-bond acceptors (Lipinski definition) is 4. The van der Waals surface area contributed by atoms with Gasteiger partial charge in [-0.1, -0.05) is 0 Å². The molecule has 0 saturated heterocycles. The van der Waals surface area contributed by atoms with Crippen LogP contribution in [0, 0.1) is 0 Å². The van der Waals surface area contributed by atoms with Crippen molar-refractivity contribution in [2.75, 3.05) is 13.7 Å². The van der Waals surface area contributed by atoms with E-state index in [9.17, 15) is 0 Å². The van der Waals surface area contributed by atoms with E-state index in [1.165, 1.54) is 11.2 Å². The Morgan fingerprint density at radius 2 is 2.38 bits per heavy atom. The molecule has 0 aliphatic carbocycles. The van der Waals surface area contributed by atoms with E-state index in [1.54, 1.807) is 7.05 Å². The highest BCUT2D eigenvalue weighted by Gasteiger charge is 1.93. The van der Waals surface area contributed by atoms with Gasteiger partial charge in [0.1, 0.15) is 0 Å². The second-order valence-corrected chi connectivity index (χ2v) is 1.43. The Morgan fingerprint density at radius 1 is 1.88 bits per heavy atom. The average molecular weight is 117 g/mol. The highest BCUT2D eigenvalue weighted by molar-refractivity contribution is 4.94. The van der Waals surface area contributed by atoms with Crippen molar-refractivity contribution in [3.63, 3.8) is 0 Å². The number of hydrogen-bond donors (Lipinski definition) is 3. The Kier molecular flexibility index (Phi) is 2.98. The van der Waals surface area contributed by atoms with Crippen molar-refractivity contribution in [2.45, 2.75) is 0 Å². The summed E-state index contributed by atoms with van der Waals surface area (Å²) in [6.07, 6.45) is 1.26. The molecule has 0 fully saturated rings. The Labute approximate surface area is 48.3 Å². The number of nitrogens with two attached hydrogens (primary N) is 2. The quantitative estimate of drug-likeness (QED) is 0.306. The number of hydrazine groups is 1. The molecule has 0 atom stereocenters. The summed E-state index contributed by atoms with van der Waals surface area (Å²) in [4.78, 5) is 0. The second kappa shape index (κ2) is 3.29. The van der Waals surface area contributed by atoms with Gasteiger partial charge in [-0.2, -0.15) is 0 Å². The van der Waals surface area contributed by atoms with Gasteiger partial charge in [0.2, 0.25) is 0 Å². The fraction of sp³-hybridized carbons (Fsp3) is 0.500. The van der Waals surface area contributed by atoms with E-state index in [-0.39, 0.29) is 6.61 Å². The van der Waals surface area contributed by atoms with Crippen LogP contribution in [-0.2, 0) is 0 Å². The third-order valence-electron chi connectivity index (χ3n) is 0.807. The standard InChI is InChI=1S/C4H11N3O/c1-7(6)4(2-5)3-8/h2,8H,3,5-6H2,1H3/b4-2-. The van der Waals surface area contributed by atoms with Gasteiger partial charge in [0.15, 0.2) is 0 Å². The van der Waals surface area contributed by atoms with E-state index in [0.29, 0.717) is 5.70 Å². The number of nitrogens with zero attached hydrogens (tertiary/aromatic N) is 1. The van der Waals surface area contributed by atoms with Crippen LogP contribution < -0.4 is 11.6 Å². The Bertz CT molecular complexity index is 89.3. The monoisotopic (exact) mass is 117 g/mol. The first-order chi connectivity index (χ1) is 3.72. The van der Waals surface area contributed by atoms with Gasteiger partial charge in [0.05, 0.1) is 12.3 Å².